The highest BCUT2D eigenvalue weighted by Gasteiger charge is 2.32. The van der Waals surface area contributed by atoms with Crippen molar-refractivity contribution in [1.29, 1.82) is 0 Å². The molecule has 1 saturated heterocycles. The van der Waals surface area contributed by atoms with Crippen molar-refractivity contribution in [1.82, 2.24) is 10.2 Å². The molecule has 0 spiro atoms. The molecule has 2 amide bonds. The van der Waals surface area contributed by atoms with Crippen LogP contribution in [0.4, 0.5) is 4.79 Å². The molecule has 1 fully saturated rings. The molecular weight excluding hydrogens is 288 g/mol. The summed E-state index contributed by atoms with van der Waals surface area (Å²) in [5.74, 6) is -0.0292. The van der Waals surface area contributed by atoms with E-state index < -0.39 is 9.84 Å². The molecule has 0 bridgehead atoms. The van der Waals surface area contributed by atoms with E-state index in [1.54, 1.807) is 41.3 Å². The standard InChI is InChI=1S/C15H20N2O3S/c1-2-10-16-15(18)17-11-6-7-13(17)12-21(19,20)14-8-4-3-5-9-14/h2-5,8-9,13H,1,6-7,10-12H2,(H,16,18). The summed E-state index contributed by atoms with van der Waals surface area (Å²) >= 11 is 0. The Morgan fingerprint density at radius 3 is 2.76 bits per heavy atom. The van der Waals surface area contributed by atoms with Crippen molar-refractivity contribution in [3.8, 4) is 0 Å². The molecule has 1 aliphatic heterocycles. The van der Waals surface area contributed by atoms with Crippen molar-refractivity contribution in [2.75, 3.05) is 18.8 Å². The molecule has 1 atom stereocenters. The lowest BCUT2D eigenvalue weighted by Gasteiger charge is -2.24. The van der Waals surface area contributed by atoms with E-state index >= 15 is 0 Å². The Bertz CT molecular complexity index is 599. The first-order valence-corrected chi connectivity index (χ1v) is 8.63. The van der Waals surface area contributed by atoms with Gasteiger partial charge in [0.25, 0.3) is 0 Å². The summed E-state index contributed by atoms with van der Waals surface area (Å²) in [6.45, 7) is 4.53. The van der Waals surface area contributed by atoms with Crippen LogP contribution in [0.15, 0.2) is 47.9 Å². The Hall–Kier alpha value is -1.82. The van der Waals surface area contributed by atoms with Gasteiger partial charge in [-0.2, -0.15) is 0 Å². The minimum absolute atomic E-state index is 0.0292. The molecule has 0 aromatic heterocycles. The SMILES string of the molecule is C=CCNC(=O)N1CCCC1CS(=O)(=O)c1ccccc1. The third-order valence-electron chi connectivity index (χ3n) is 3.55. The largest absolute Gasteiger partial charge is 0.335 e. The minimum atomic E-state index is -3.37. The molecule has 1 aromatic carbocycles. The number of amides is 2. The molecule has 1 unspecified atom stereocenters. The third-order valence-corrected chi connectivity index (χ3v) is 5.36. The monoisotopic (exact) mass is 308 g/mol. The normalized spacial score (nSPS) is 18.5. The summed E-state index contributed by atoms with van der Waals surface area (Å²) in [5.41, 5.74) is 0. The van der Waals surface area contributed by atoms with Crippen molar-refractivity contribution in [2.24, 2.45) is 0 Å². The average molecular weight is 308 g/mol. The van der Waals surface area contributed by atoms with Gasteiger partial charge in [-0.15, -0.1) is 6.58 Å². The van der Waals surface area contributed by atoms with Crippen LogP contribution < -0.4 is 5.32 Å². The summed E-state index contributed by atoms with van der Waals surface area (Å²) < 4.78 is 24.8. The number of urea groups is 1. The Balaban J connectivity index is 2.07. The van der Waals surface area contributed by atoms with Gasteiger partial charge in [0.05, 0.1) is 10.6 Å². The quantitative estimate of drug-likeness (QED) is 0.844. The maximum absolute atomic E-state index is 12.4. The number of benzene rings is 1. The van der Waals surface area contributed by atoms with Crippen molar-refractivity contribution in [3.05, 3.63) is 43.0 Å². The first-order chi connectivity index (χ1) is 10.0. The van der Waals surface area contributed by atoms with Crippen LogP contribution in [-0.4, -0.2) is 44.2 Å². The molecule has 1 heterocycles. The van der Waals surface area contributed by atoms with Gasteiger partial charge in [0, 0.05) is 19.1 Å². The fourth-order valence-electron chi connectivity index (χ4n) is 2.51. The van der Waals surface area contributed by atoms with E-state index in [4.69, 9.17) is 0 Å². The highest BCUT2D eigenvalue weighted by molar-refractivity contribution is 7.91. The summed E-state index contributed by atoms with van der Waals surface area (Å²) in [7, 11) is -3.37. The molecule has 0 aliphatic carbocycles. The van der Waals surface area contributed by atoms with Crippen LogP contribution in [0.3, 0.4) is 0 Å². The van der Waals surface area contributed by atoms with E-state index in [0.29, 0.717) is 24.4 Å². The maximum atomic E-state index is 12.4. The van der Waals surface area contributed by atoms with Crippen molar-refractivity contribution in [3.63, 3.8) is 0 Å². The van der Waals surface area contributed by atoms with Crippen LogP contribution in [0.5, 0.6) is 0 Å². The first kappa shape index (κ1) is 15.6. The number of carbonyl (C=O) groups excluding carboxylic acids is 1. The summed E-state index contributed by atoms with van der Waals surface area (Å²) in [4.78, 5) is 13.9. The van der Waals surface area contributed by atoms with E-state index in [0.717, 1.165) is 6.42 Å². The highest BCUT2D eigenvalue weighted by atomic mass is 32.2. The van der Waals surface area contributed by atoms with E-state index in [9.17, 15) is 13.2 Å². The average Bonchev–Trinajstić information content (AvgIpc) is 2.93. The predicted molar refractivity (Wildman–Crippen MR) is 81.8 cm³/mol. The molecule has 6 heteroatoms. The third kappa shape index (κ3) is 3.85. The van der Waals surface area contributed by atoms with Crippen LogP contribution in [0.1, 0.15) is 12.8 Å². The zero-order valence-corrected chi connectivity index (χ0v) is 12.7. The van der Waals surface area contributed by atoms with Crippen LogP contribution in [-0.2, 0) is 9.84 Å². The zero-order valence-electron chi connectivity index (χ0n) is 11.9. The van der Waals surface area contributed by atoms with Gasteiger partial charge >= 0.3 is 6.03 Å². The van der Waals surface area contributed by atoms with Gasteiger partial charge in [-0.1, -0.05) is 24.3 Å². The Kier molecular flexibility index (Phi) is 5.01. The van der Waals surface area contributed by atoms with Crippen molar-refractivity contribution in [2.45, 2.75) is 23.8 Å². The van der Waals surface area contributed by atoms with E-state index in [1.807, 2.05) is 0 Å². The second kappa shape index (κ2) is 6.76. The Morgan fingerprint density at radius 1 is 1.38 bits per heavy atom. The van der Waals surface area contributed by atoms with Gasteiger partial charge in [-0.3, -0.25) is 0 Å². The Morgan fingerprint density at radius 2 is 2.10 bits per heavy atom. The number of nitrogens with one attached hydrogen (secondary N) is 1. The number of rotatable bonds is 5. The lowest BCUT2D eigenvalue weighted by Crippen LogP contribution is -2.45. The van der Waals surface area contributed by atoms with Crippen LogP contribution in [0.2, 0.25) is 0 Å². The molecule has 0 saturated carbocycles. The fraction of sp³-hybridized carbons (Fsp3) is 0.400. The molecule has 114 valence electrons. The topological polar surface area (TPSA) is 66.5 Å². The van der Waals surface area contributed by atoms with Gasteiger partial charge in [0.2, 0.25) is 0 Å². The van der Waals surface area contributed by atoms with Gasteiger partial charge in [0.15, 0.2) is 9.84 Å². The summed E-state index contributed by atoms with van der Waals surface area (Å²) in [6, 6.07) is 7.88. The van der Waals surface area contributed by atoms with Crippen molar-refractivity contribution < 1.29 is 13.2 Å². The molecular formula is C15H20N2O3S. The second-order valence-electron chi connectivity index (χ2n) is 5.06. The van der Waals surface area contributed by atoms with Gasteiger partial charge in [-0.05, 0) is 25.0 Å². The molecule has 5 nitrogen and oxygen atoms in total. The van der Waals surface area contributed by atoms with Gasteiger partial charge in [-0.25, -0.2) is 13.2 Å². The summed E-state index contributed by atoms with van der Waals surface area (Å²) in [6.07, 6.45) is 3.15. The number of likely N-dealkylation sites (tertiary alicyclic amines) is 1. The predicted octanol–water partition coefficient (Wildman–Crippen LogP) is 1.82. The lowest BCUT2D eigenvalue weighted by atomic mass is 10.2. The molecule has 1 N–H and O–H groups in total. The number of carbonyl (C=O) groups is 1. The zero-order chi connectivity index (χ0) is 15.3. The number of sulfone groups is 1. The highest BCUT2D eigenvalue weighted by Crippen LogP contribution is 2.22. The summed E-state index contributed by atoms with van der Waals surface area (Å²) in [5, 5.41) is 2.70. The molecule has 1 aliphatic rings. The van der Waals surface area contributed by atoms with E-state index in [-0.39, 0.29) is 17.8 Å². The van der Waals surface area contributed by atoms with Gasteiger partial charge < -0.3 is 10.2 Å². The van der Waals surface area contributed by atoms with E-state index in [1.165, 1.54) is 0 Å². The van der Waals surface area contributed by atoms with E-state index in [2.05, 4.69) is 11.9 Å². The smallest absolute Gasteiger partial charge is 0.317 e. The number of nitrogens with zero attached hydrogens (tertiary/aromatic N) is 1. The van der Waals surface area contributed by atoms with Crippen molar-refractivity contribution >= 4 is 15.9 Å². The Labute approximate surface area is 125 Å². The molecule has 0 radical (unpaired) electrons. The minimum Gasteiger partial charge on any atom is -0.335 e. The molecule has 1 aromatic rings. The first-order valence-electron chi connectivity index (χ1n) is 6.98. The second-order valence-corrected chi connectivity index (χ2v) is 7.09. The fourth-order valence-corrected chi connectivity index (χ4v) is 4.13. The lowest BCUT2D eigenvalue weighted by molar-refractivity contribution is 0.197. The van der Waals surface area contributed by atoms with Crippen LogP contribution in [0.25, 0.3) is 0 Å². The maximum Gasteiger partial charge on any atom is 0.317 e. The molecule has 21 heavy (non-hydrogen) atoms. The van der Waals surface area contributed by atoms with Gasteiger partial charge in [0.1, 0.15) is 0 Å². The number of hydrogen-bond acceptors (Lipinski definition) is 3. The van der Waals surface area contributed by atoms with Crippen LogP contribution >= 0.6 is 0 Å². The molecule has 2 rings (SSSR count). The number of hydrogen-bond donors (Lipinski definition) is 1. The van der Waals surface area contributed by atoms with Crippen LogP contribution in [0, 0.1) is 0 Å².